The van der Waals surface area contributed by atoms with Crippen molar-refractivity contribution in [1.29, 1.82) is 0 Å². The first kappa shape index (κ1) is 21.6. The van der Waals surface area contributed by atoms with Crippen LogP contribution in [-0.4, -0.2) is 45.6 Å². The van der Waals surface area contributed by atoms with Crippen LogP contribution >= 0.6 is 0 Å². The van der Waals surface area contributed by atoms with Crippen LogP contribution in [0, 0.1) is 11.7 Å². The molecular formula is C28H28FN7. The summed E-state index contributed by atoms with van der Waals surface area (Å²) in [5.74, 6) is 3.19. The maximum atomic E-state index is 14.2. The lowest BCUT2D eigenvalue weighted by Crippen LogP contribution is -2.52. The molecule has 1 unspecified atom stereocenters. The van der Waals surface area contributed by atoms with E-state index in [-0.39, 0.29) is 5.82 Å². The molecule has 3 aliphatic rings. The highest BCUT2D eigenvalue weighted by molar-refractivity contribution is 5.94. The Hall–Kier alpha value is -3.65. The Morgan fingerprint density at radius 2 is 1.92 bits per heavy atom. The first-order valence-corrected chi connectivity index (χ1v) is 12.8. The van der Waals surface area contributed by atoms with Crippen molar-refractivity contribution in [3.63, 3.8) is 0 Å². The van der Waals surface area contributed by atoms with Crippen LogP contribution in [0.25, 0.3) is 22.3 Å². The van der Waals surface area contributed by atoms with Gasteiger partial charge in [-0.15, -0.1) is 0 Å². The number of benzene rings is 1. The van der Waals surface area contributed by atoms with E-state index in [0.717, 1.165) is 47.8 Å². The minimum Gasteiger partial charge on any atom is -0.353 e. The van der Waals surface area contributed by atoms with Crippen molar-refractivity contribution in [2.24, 2.45) is 5.92 Å². The molecule has 0 radical (unpaired) electrons. The smallest absolute Gasteiger partial charge is 0.162 e. The quantitative estimate of drug-likeness (QED) is 0.400. The summed E-state index contributed by atoms with van der Waals surface area (Å²) >= 11 is 0. The number of rotatable bonds is 6. The summed E-state index contributed by atoms with van der Waals surface area (Å²) in [5.41, 5.74) is 3.36. The summed E-state index contributed by atoms with van der Waals surface area (Å²) in [6.07, 6.45) is 10.6. The van der Waals surface area contributed by atoms with Gasteiger partial charge in [0.05, 0.1) is 17.4 Å². The lowest BCUT2D eigenvalue weighted by Gasteiger charge is -2.35. The summed E-state index contributed by atoms with van der Waals surface area (Å²) in [4.78, 5) is 21.5. The number of piperazine rings is 1. The highest BCUT2D eigenvalue weighted by Crippen LogP contribution is 2.45. The number of pyridine rings is 2. The number of nitrogens with one attached hydrogen (secondary N) is 2. The van der Waals surface area contributed by atoms with E-state index in [2.05, 4.69) is 25.5 Å². The molecule has 8 heteroatoms. The third-order valence-electron chi connectivity index (χ3n) is 7.48. The van der Waals surface area contributed by atoms with Gasteiger partial charge in [0.2, 0.25) is 0 Å². The van der Waals surface area contributed by atoms with E-state index in [1.807, 2.05) is 24.5 Å². The molecule has 7 rings (SSSR count). The molecule has 182 valence electrons. The number of hydrogen-bond donors (Lipinski definition) is 2. The average molecular weight is 482 g/mol. The largest absolute Gasteiger partial charge is 0.353 e. The predicted molar refractivity (Wildman–Crippen MR) is 139 cm³/mol. The molecule has 3 aromatic heterocycles. The second-order valence-corrected chi connectivity index (χ2v) is 10.1. The van der Waals surface area contributed by atoms with Crippen molar-refractivity contribution in [3.05, 3.63) is 66.4 Å². The van der Waals surface area contributed by atoms with Crippen LogP contribution in [0.3, 0.4) is 0 Å². The normalized spacial score (nSPS) is 20.0. The first-order chi connectivity index (χ1) is 17.7. The summed E-state index contributed by atoms with van der Waals surface area (Å²) in [7, 11) is 0. The zero-order valence-electron chi connectivity index (χ0n) is 20.0. The molecule has 0 bridgehead atoms. The van der Waals surface area contributed by atoms with Crippen LogP contribution in [0.4, 0.5) is 21.7 Å². The van der Waals surface area contributed by atoms with E-state index >= 15 is 0 Å². The number of anilines is 3. The molecule has 1 atom stereocenters. The van der Waals surface area contributed by atoms with E-state index in [1.54, 1.807) is 24.4 Å². The maximum absolute atomic E-state index is 14.2. The fourth-order valence-corrected chi connectivity index (χ4v) is 5.27. The van der Waals surface area contributed by atoms with Crippen LogP contribution < -0.4 is 15.5 Å². The number of nitrogens with zero attached hydrogens (tertiary/aromatic N) is 5. The second kappa shape index (κ2) is 8.78. The molecule has 4 aromatic rings. The van der Waals surface area contributed by atoms with E-state index in [9.17, 15) is 4.39 Å². The van der Waals surface area contributed by atoms with Gasteiger partial charge in [0.15, 0.2) is 5.82 Å². The second-order valence-electron chi connectivity index (χ2n) is 10.1. The highest BCUT2D eigenvalue weighted by Gasteiger charge is 2.36. The predicted octanol–water partition coefficient (Wildman–Crippen LogP) is 5.04. The first-order valence-electron chi connectivity index (χ1n) is 12.8. The molecule has 2 N–H and O–H groups in total. The summed E-state index contributed by atoms with van der Waals surface area (Å²) < 4.78 is 14.2. The molecule has 0 spiro atoms. The lowest BCUT2D eigenvalue weighted by molar-refractivity contribution is 0.418. The summed E-state index contributed by atoms with van der Waals surface area (Å²) in [6.45, 7) is 2.83. The average Bonchev–Trinajstić information content (AvgIpc) is 3.83. The zero-order chi connectivity index (χ0) is 24.1. The van der Waals surface area contributed by atoms with Gasteiger partial charge < -0.3 is 15.5 Å². The summed E-state index contributed by atoms with van der Waals surface area (Å²) in [5, 5.41) is 7.94. The maximum Gasteiger partial charge on any atom is 0.162 e. The van der Waals surface area contributed by atoms with Gasteiger partial charge in [-0.25, -0.2) is 19.3 Å². The standard InChI is InChI=1S/C28H28FN7/c29-21-3-1-2-4-22(21)33-25-13-19(9-10-32-25)27-34-23-15-30-14-20(17-5-6-17)26(23)28(35-27)36-12-11-31-24(16-36)18-7-8-18/h1-4,9-10,13-15,17-18,24,31H,5-8,11-12,16H2,(H,32,33). The molecule has 4 heterocycles. The van der Waals surface area contributed by atoms with E-state index in [4.69, 9.17) is 9.97 Å². The number of aromatic nitrogens is 4. The molecule has 2 aliphatic carbocycles. The Morgan fingerprint density at radius 3 is 2.75 bits per heavy atom. The monoisotopic (exact) mass is 481 g/mol. The molecular weight excluding hydrogens is 453 g/mol. The van der Waals surface area contributed by atoms with E-state index in [0.29, 0.717) is 29.3 Å². The topological polar surface area (TPSA) is 78.9 Å². The van der Waals surface area contributed by atoms with Crippen LogP contribution in [0.2, 0.25) is 0 Å². The molecule has 1 saturated heterocycles. The van der Waals surface area contributed by atoms with E-state index < -0.39 is 0 Å². The van der Waals surface area contributed by atoms with Crippen LogP contribution in [0.15, 0.2) is 55.0 Å². The van der Waals surface area contributed by atoms with Gasteiger partial charge >= 0.3 is 0 Å². The van der Waals surface area contributed by atoms with Crippen molar-refractivity contribution < 1.29 is 4.39 Å². The number of hydrogen-bond acceptors (Lipinski definition) is 7. The Balaban J connectivity index is 1.31. The highest BCUT2D eigenvalue weighted by atomic mass is 19.1. The minimum absolute atomic E-state index is 0.323. The number of fused-ring (bicyclic) bond motifs is 1. The Bertz CT molecular complexity index is 1430. The van der Waals surface area contributed by atoms with Gasteiger partial charge in [0.25, 0.3) is 0 Å². The number of para-hydroxylation sites is 1. The fourth-order valence-electron chi connectivity index (χ4n) is 5.27. The van der Waals surface area contributed by atoms with Gasteiger partial charge in [0.1, 0.15) is 17.5 Å². The fraction of sp³-hybridized carbons (Fsp3) is 0.357. The Morgan fingerprint density at radius 1 is 1.03 bits per heavy atom. The van der Waals surface area contributed by atoms with Crippen molar-refractivity contribution >= 4 is 28.2 Å². The van der Waals surface area contributed by atoms with Gasteiger partial charge in [-0.2, -0.15) is 0 Å². The zero-order valence-corrected chi connectivity index (χ0v) is 20.0. The summed E-state index contributed by atoms with van der Waals surface area (Å²) in [6, 6.07) is 10.9. The van der Waals surface area contributed by atoms with Crippen molar-refractivity contribution in [3.8, 4) is 11.4 Å². The SMILES string of the molecule is Fc1ccccc1Nc1cc(-c2nc(N3CCNC(C4CC4)C3)c3c(C4CC4)cncc3n2)ccn1. The third kappa shape index (κ3) is 4.15. The van der Waals surface area contributed by atoms with Crippen LogP contribution in [0.5, 0.6) is 0 Å². The lowest BCUT2D eigenvalue weighted by atomic mass is 10.1. The van der Waals surface area contributed by atoms with Crippen molar-refractivity contribution in [2.45, 2.75) is 37.6 Å². The molecule has 7 nitrogen and oxygen atoms in total. The molecule has 1 aliphatic heterocycles. The Kier molecular flexibility index (Phi) is 5.27. The molecule has 0 amide bonds. The van der Waals surface area contributed by atoms with Crippen LogP contribution in [0.1, 0.15) is 37.2 Å². The van der Waals surface area contributed by atoms with Gasteiger partial charge in [-0.05, 0) is 67.3 Å². The van der Waals surface area contributed by atoms with Gasteiger partial charge in [-0.1, -0.05) is 12.1 Å². The van der Waals surface area contributed by atoms with Crippen LogP contribution in [-0.2, 0) is 0 Å². The molecule has 1 aromatic carbocycles. The minimum atomic E-state index is -0.323. The molecule has 3 fully saturated rings. The van der Waals surface area contributed by atoms with Gasteiger partial charge in [-0.3, -0.25) is 4.98 Å². The third-order valence-corrected chi connectivity index (χ3v) is 7.48. The van der Waals surface area contributed by atoms with Crippen molar-refractivity contribution in [1.82, 2.24) is 25.3 Å². The molecule has 36 heavy (non-hydrogen) atoms. The van der Waals surface area contributed by atoms with Crippen molar-refractivity contribution in [2.75, 3.05) is 29.9 Å². The van der Waals surface area contributed by atoms with E-state index in [1.165, 1.54) is 37.3 Å². The Labute approximate surface area is 209 Å². The number of halogens is 1. The molecule has 2 saturated carbocycles. The van der Waals surface area contributed by atoms with Gasteiger partial charge in [0, 0.05) is 49.0 Å².